The van der Waals surface area contributed by atoms with Crippen molar-refractivity contribution in [2.24, 2.45) is 4.99 Å². The maximum absolute atomic E-state index is 12.8. The summed E-state index contributed by atoms with van der Waals surface area (Å²) in [6, 6.07) is 1.40. The zero-order valence-electron chi connectivity index (χ0n) is 17.6. The molecule has 172 valence electrons. The van der Waals surface area contributed by atoms with Gasteiger partial charge in [0.1, 0.15) is 23.2 Å². The summed E-state index contributed by atoms with van der Waals surface area (Å²) < 4.78 is -0.654. The predicted octanol–water partition coefficient (Wildman–Crippen LogP) is 0.341. The number of amidine groups is 1. The van der Waals surface area contributed by atoms with Crippen molar-refractivity contribution in [3.05, 3.63) is 23.3 Å². The van der Waals surface area contributed by atoms with Crippen LogP contribution in [0.1, 0.15) is 25.0 Å². The Morgan fingerprint density at radius 1 is 1.44 bits per heavy atom. The smallest absolute Gasteiger partial charge is 0.327 e. The number of hydrogen-bond acceptors (Lipinski definition) is 9. The van der Waals surface area contributed by atoms with Crippen molar-refractivity contribution in [2.75, 3.05) is 18.8 Å². The number of hydrogen-bond donors (Lipinski definition) is 5. The van der Waals surface area contributed by atoms with Gasteiger partial charge in [0.05, 0.1) is 18.7 Å². The first kappa shape index (κ1) is 22.6. The highest BCUT2D eigenvalue weighted by molar-refractivity contribution is 8.13. The number of carbonyl (C=O) groups excluding carboxylic acids is 2. The van der Waals surface area contributed by atoms with Gasteiger partial charge in [-0.25, -0.2) is 4.79 Å². The maximum atomic E-state index is 12.8. The fourth-order valence-corrected chi connectivity index (χ4v) is 6.82. The number of nitrogens with zero attached hydrogens (tertiary/aromatic N) is 2. The van der Waals surface area contributed by atoms with Crippen LogP contribution in [0.15, 0.2) is 17.1 Å². The van der Waals surface area contributed by atoms with E-state index in [1.807, 2.05) is 0 Å². The minimum absolute atomic E-state index is 0.0206. The normalized spacial score (nSPS) is 25.6. The highest BCUT2D eigenvalue weighted by Gasteiger charge is 2.64. The van der Waals surface area contributed by atoms with Crippen LogP contribution >= 0.6 is 23.5 Å². The van der Waals surface area contributed by atoms with Crippen LogP contribution in [0.2, 0.25) is 0 Å². The number of rotatable bonds is 6. The molecule has 3 aliphatic heterocycles. The molecule has 0 aliphatic carbocycles. The van der Waals surface area contributed by atoms with E-state index in [9.17, 15) is 24.6 Å². The summed E-state index contributed by atoms with van der Waals surface area (Å²) in [7, 11) is 0. The highest BCUT2D eigenvalue weighted by atomic mass is 32.2. The molecule has 2 fully saturated rings. The summed E-state index contributed by atoms with van der Waals surface area (Å²) in [5, 5.41) is 25.8. The number of nitrogen functional groups attached to an aromatic ring is 1. The van der Waals surface area contributed by atoms with Gasteiger partial charge in [-0.05, 0) is 31.0 Å². The van der Waals surface area contributed by atoms with E-state index in [1.165, 1.54) is 34.5 Å². The fraction of sp³-hybridized carbons (Fsp3) is 0.500. The number of phenols is 1. The lowest BCUT2D eigenvalue weighted by Gasteiger charge is -2.43. The summed E-state index contributed by atoms with van der Waals surface area (Å²) in [6.45, 7) is 5.05. The van der Waals surface area contributed by atoms with Gasteiger partial charge in [0.2, 0.25) is 11.8 Å². The zero-order chi connectivity index (χ0) is 23.2. The SMILES string of the molecule is CC1(C)SC2C(NC(=O)Cc3ccc(O)c(N)c3CSC3=NCCN3)C(=O)N2C1C(=O)O. The molecular formula is C20H25N5O5S2. The van der Waals surface area contributed by atoms with Crippen molar-refractivity contribution in [3.8, 4) is 5.75 Å². The molecule has 6 N–H and O–H groups in total. The third-order valence-corrected chi connectivity index (χ3v) is 8.32. The van der Waals surface area contributed by atoms with Crippen LogP contribution in [-0.4, -0.2) is 73.4 Å². The van der Waals surface area contributed by atoms with Gasteiger partial charge >= 0.3 is 5.97 Å². The highest BCUT2D eigenvalue weighted by Crippen LogP contribution is 2.50. The molecule has 3 atom stereocenters. The van der Waals surface area contributed by atoms with Gasteiger partial charge < -0.3 is 31.5 Å². The van der Waals surface area contributed by atoms with E-state index in [0.29, 0.717) is 23.4 Å². The van der Waals surface area contributed by atoms with E-state index in [0.717, 1.165) is 11.7 Å². The Bertz CT molecular complexity index is 1010. The van der Waals surface area contributed by atoms with E-state index in [4.69, 9.17) is 5.73 Å². The number of nitrogens with two attached hydrogens (primary N) is 1. The zero-order valence-corrected chi connectivity index (χ0v) is 19.3. The average Bonchev–Trinajstić information content (AvgIpc) is 3.32. The fourth-order valence-electron chi connectivity index (χ4n) is 4.19. The van der Waals surface area contributed by atoms with Gasteiger partial charge in [-0.2, -0.15) is 0 Å². The number of thioether (sulfide) groups is 2. The molecule has 10 nitrogen and oxygen atoms in total. The van der Waals surface area contributed by atoms with Crippen molar-refractivity contribution >= 4 is 52.2 Å². The molecule has 0 bridgehead atoms. The van der Waals surface area contributed by atoms with Crippen molar-refractivity contribution in [1.29, 1.82) is 0 Å². The van der Waals surface area contributed by atoms with Crippen molar-refractivity contribution in [1.82, 2.24) is 15.5 Å². The minimum Gasteiger partial charge on any atom is -0.506 e. The number of β-lactam (4-membered cyclic amide) rings is 1. The predicted molar refractivity (Wildman–Crippen MR) is 123 cm³/mol. The molecular weight excluding hydrogens is 454 g/mol. The first-order valence-corrected chi connectivity index (χ1v) is 12.0. The topological polar surface area (TPSA) is 157 Å². The third-order valence-electron chi connectivity index (χ3n) is 5.77. The molecule has 3 unspecified atom stereocenters. The number of nitrogens with one attached hydrogen (secondary N) is 2. The summed E-state index contributed by atoms with van der Waals surface area (Å²) in [6.07, 6.45) is -0.0206. The number of carboxylic acid groups (broad SMARTS) is 1. The standard InChI is InChI=1S/C20H25N5O5S2/c1-20(2)15(18(29)30)25-16(28)14(17(25)32-20)24-12(27)7-9-3-4-11(26)13(21)10(9)8-31-19-22-5-6-23-19/h3-4,14-15,17,26H,5-8,21H2,1-2H3,(H,22,23)(H,24,27)(H,29,30). The van der Waals surface area contributed by atoms with Crippen molar-refractivity contribution in [3.63, 3.8) is 0 Å². The number of carbonyl (C=O) groups is 3. The molecule has 3 heterocycles. The van der Waals surface area contributed by atoms with E-state index >= 15 is 0 Å². The van der Waals surface area contributed by atoms with Crippen LogP contribution < -0.4 is 16.4 Å². The lowest BCUT2D eigenvalue weighted by molar-refractivity contribution is -0.161. The first-order chi connectivity index (χ1) is 15.1. The largest absolute Gasteiger partial charge is 0.506 e. The van der Waals surface area contributed by atoms with Crippen LogP contribution in [0, 0.1) is 0 Å². The maximum Gasteiger partial charge on any atom is 0.327 e. The van der Waals surface area contributed by atoms with Gasteiger partial charge in [0.25, 0.3) is 0 Å². The second kappa shape index (κ2) is 8.39. The number of aliphatic imine (C=N–C) groups is 1. The average molecular weight is 480 g/mol. The van der Waals surface area contributed by atoms with Crippen molar-refractivity contribution in [2.45, 2.75) is 48.2 Å². The number of anilines is 1. The number of carboxylic acids is 1. The molecule has 2 amide bonds. The second-order valence-electron chi connectivity index (χ2n) is 8.36. The second-order valence-corrected chi connectivity index (χ2v) is 11.1. The van der Waals surface area contributed by atoms with E-state index < -0.39 is 28.2 Å². The Kier molecular flexibility index (Phi) is 5.93. The molecule has 0 saturated carbocycles. The van der Waals surface area contributed by atoms with Gasteiger partial charge in [0.15, 0.2) is 5.17 Å². The Hall–Kier alpha value is -2.60. The lowest BCUT2D eigenvalue weighted by atomic mass is 9.95. The monoisotopic (exact) mass is 479 g/mol. The molecule has 32 heavy (non-hydrogen) atoms. The summed E-state index contributed by atoms with van der Waals surface area (Å²) >= 11 is 2.82. The summed E-state index contributed by atoms with van der Waals surface area (Å²) in [5.41, 5.74) is 7.58. The molecule has 0 radical (unpaired) electrons. The molecule has 0 aromatic heterocycles. The quantitative estimate of drug-likeness (QED) is 0.220. The number of fused-ring (bicyclic) bond motifs is 1. The van der Waals surface area contributed by atoms with E-state index in [1.54, 1.807) is 19.9 Å². The van der Waals surface area contributed by atoms with Gasteiger partial charge in [-0.1, -0.05) is 17.8 Å². The molecule has 12 heteroatoms. The van der Waals surface area contributed by atoms with Crippen LogP contribution in [0.5, 0.6) is 5.75 Å². The van der Waals surface area contributed by atoms with Crippen LogP contribution in [0.25, 0.3) is 0 Å². The van der Waals surface area contributed by atoms with Gasteiger partial charge in [0, 0.05) is 17.0 Å². The Balaban J connectivity index is 1.44. The van der Waals surface area contributed by atoms with Crippen LogP contribution in [0.4, 0.5) is 5.69 Å². The molecule has 1 aromatic carbocycles. The van der Waals surface area contributed by atoms with Gasteiger partial charge in [-0.3, -0.25) is 14.6 Å². The summed E-state index contributed by atoms with van der Waals surface area (Å²) in [5.74, 6) is -1.43. The van der Waals surface area contributed by atoms with Gasteiger partial charge in [-0.15, -0.1) is 11.8 Å². The number of amides is 2. The van der Waals surface area contributed by atoms with E-state index in [-0.39, 0.29) is 29.7 Å². The summed E-state index contributed by atoms with van der Waals surface area (Å²) in [4.78, 5) is 42.7. The minimum atomic E-state index is -1.05. The third kappa shape index (κ3) is 3.96. The molecule has 4 rings (SSSR count). The van der Waals surface area contributed by atoms with Crippen LogP contribution in [0.3, 0.4) is 0 Å². The van der Waals surface area contributed by atoms with E-state index in [2.05, 4.69) is 15.6 Å². The first-order valence-electron chi connectivity index (χ1n) is 10.1. The Morgan fingerprint density at radius 2 is 2.19 bits per heavy atom. The molecule has 2 saturated heterocycles. The number of aliphatic carboxylic acids is 1. The van der Waals surface area contributed by atoms with Crippen LogP contribution in [-0.2, 0) is 26.6 Å². The number of phenolic OH excluding ortho intramolecular Hbond substituents is 1. The Labute approximate surface area is 193 Å². The van der Waals surface area contributed by atoms with Crippen molar-refractivity contribution < 1.29 is 24.6 Å². The number of aromatic hydroxyl groups is 1. The molecule has 0 spiro atoms. The lowest BCUT2D eigenvalue weighted by Crippen LogP contribution is -2.70. The molecule has 1 aromatic rings. The number of benzene rings is 1. The Morgan fingerprint density at radius 3 is 2.84 bits per heavy atom. The molecule has 3 aliphatic rings.